The number of ether oxygens (including phenoxy) is 1. The van der Waals surface area contributed by atoms with E-state index in [1.165, 1.54) is 9.65 Å². The number of aromatic nitrogens is 1. The summed E-state index contributed by atoms with van der Waals surface area (Å²) >= 11 is 5.72. The Kier molecular flexibility index (Phi) is 2.77. The van der Waals surface area contributed by atoms with E-state index < -0.39 is 0 Å². The van der Waals surface area contributed by atoms with E-state index in [1.807, 2.05) is 6.07 Å². The summed E-state index contributed by atoms with van der Waals surface area (Å²) < 4.78 is 9.78. The molecule has 1 aromatic carbocycles. The molecule has 1 aromatic heterocycles. The van der Waals surface area contributed by atoms with E-state index in [4.69, 9.17) is 17.0 Å². The van der Waals surface area contributed by atoms with Gasteiger partial charge in [0.2, 0.25) is 0 Å². The van der Waals surface area contributed by atoms with E-state index in [0.717, 1.165) is 16.9 Å². The van der Waals surface area contributed by atoms with Gasteiger partial charge >= 0.3 is 94.1 Å². The van der Waals surface area contributed by atoms with E-state index in [-0.39, 0.29) is 0 Å². The molecule has 0 N–H and O–H groups in total. The van der Waals surface area contributed by atoms with Gasteiger partial charge in [-0.05, 0) is 0 Å². The molecule has 74 valence electrons. The second kappa shape index (κ2) is 3.89. The number of methoxy groups -OCH3 is 1. The van der Waals surface area contributed by atoms with Crippen LogP contribution in [0.25, 0.3) is 9.65 Å². The molecule has 0 saturated heterocycles. The molecule has 0 spiro atoms. The summed E-state index contributed by atoms with van der Waals surface area (Å²) in [5.74, 6) is 0.923. The minimum absolute atomic E-state index is 0.343. The fraction of sp³-hybridized carbons (Fsp3) is 0.300. The van der Waals surface area contributed by atoms with Crippen LogP contribution in [-0.4, -0.2) is 25.4 Å². The first-order valence-corrected chi connectivity index (χ1v) is 6.47. The summed E-state index contributed by atoms with van der Waals surface area (Å²) in [4.78, 5) is 0. The summed E-state index contributed by atoms with van der Waals surface area (Å²) in [7, 11) is 1.69. The van der Waals surface area contributed by atoms with Crippen LogP contribution in [0.5, 0.6) is 5.75 Å². The van der Waals surface area contributed by atoms with E-state index >= 15 is 0 Å². The molecule has 0 aliphatic heterocycles. The van der Waals surface area contributed by atoms with Gasteiger partial charge in [-0.15, -0.1) is 0 Å². The molecular formula is C10H11NOSSe. The van der Waals surface area contributed by atoms with Gasteiger partial charge in [-0.3, -0.25) is 0 Å². The summed E-state index contributed by atoms with van der Waals surface area (Å²) in [5.41, 5.74) is 0. The molecule has 0 bridgehead atoms. The summed E-state index contributed by atoms with van der Waals surface area (Å²) in [6, 6.07) is 6.13. The molecular weight excluding hydrogens is 261 g/mol. The van der Waals surface area contributed by atoms with Gasteiger partial charge in [-0.1, -0.05) is 0 Å². The number of hydrogen-bond acceptors (Lipinski definition) is 2. The third kappa shape index (κ3) is 1.54. The monoisotopic (exact) mass is 273 g/mol. The molecule has 0 unspecified atom stereocenters. The van der Waals surface area contributed by atoms with Gasteiger partial charge in [0.05, 0.1) is 0 Å². The van der Waals surface area contributed by atoms with Crippen molar-refractivity contribution in [3.8, 4) is 5.75 Å². The van der Waals surface area contributed by atoms with Crippen LogP contribution in [0.1, 0.15) is 6.92 Å². The Balaban J connectivity index is 2.73. The van der Waals surface area contributed by atoms with Gasteiger partial charge in [-0.25, -0.2) is 0 Å². The van der Waals surface area contributed by atoms with Crippen LogP contribution in [0.4, 0.5) is 0 Å². The Morgan fingerprint density at radius 1 is 1.50 bits per heavy atom. The summed E-state index contributed by atoms with van der Waals surface area (Å²) in [5, 5.41) is 1.21. The van der Waals surface area contributed by atoms with Crippen molar-refractivity contribution in [2.75, 3.05) is 7.11 Å². The summed E-state index contributed by atoms with van der Waals surface area (Å²) in [6.07, 6.45) is 0. The zero-order valence-electron chi connectivity index (χ0n) is 8.11. The van der Waals surface area contributed by atoms with E-state index in [1.54, 1.807) is 7.11 Å². The van der Waals surface area contributed by atoms with E-state index in [2.05, 4.69) is 22.6 Å². The van der Waals surface area contributed by atoms with Crippen LogP contribution < -0.4 is 4.74 Å². The standard InChI is InChI=1S/C10H11NOSSe/c1-3-11-10(13)8-5-4-7(12-2)6-9(8)14-11/h4-6H,3H2,1-2H3. The van der Waals surface area contributed by atoms with Gasteiger partial charge in [0.1, 0.15) is 0 Å². The zero-order valence-corrected chi connectivity index (χ0v) is 10.6. The van der Waals surface area contributed by atoms with Crippen molar-refractivity contribution in [1.82, 2.24) is 3.56 Å². The molecule has 0 aliphatic carbocycles. The molecule has 0 fully saturated rings. The maximum absolute atomic E-state index is 5.37. The fourth-order valence-electron chi connectivity index (χ4n) is 1.38. The molecule has 0 saturated carbocycles. The van der Waals surface area contributed by atoms with Crippen molar-refractivity contribution in [2.45, 2.75) is 13.5 Å². The number of aryl methyl sites for hydroxylation is 1. The molecule has 2 rings (SSSR count). The van der Waals surface area contributed by atoms with Crippen LogP contribution in [0.15, 0.2) is 18.2 Å². The molecule has 1 heterocycles. The molecule has 2 nitrogen and oxygen atoms in total. The van der Waals surface area contributed by atoms with E-state index in [9.17, 15) is 0 Å². The Bertz CT molecular complexity index is 514. The predicted molar refractivity (Wildman–Crippen MR) is 61.9 cm³/mol. The van der Waals surface area contributed by atoms with Crippen molar-refractivity contribution < 1.29 is 4.74 Å². The van der Waals surface area contributed by atoms with Crippen LogP contribution in [0.2, 0.25) is 0 Å². The topological polar surface area (TPSA) is 14.2 Å². The van der Waals surface area contributed by atoms with Crippen LogP contribution in [0.3, 0.4) is 0 Å². The van der Waals surface area contributed by atoms with Gasteiger partial charge in [0, 0.05) is 0 Å². The van der Waals surface area contributed by atoms with E-state index in [0.29, 0.717) is 14.7 Å². The molecule has 0 radical (unpaired) electrons. The van der Waals surface area contributed by atoms with Crippen molar-refractivity contribution >= 4 is 36.6 Å². The maximum atomic E-state index is 5.37. The van der Waals surface area contributed by atoms with Gasteiger partial charge < -0.3 is 0 Å². The first-order chi connectivity index (χ1) is 6.76. The Morgan fingerprint density at radius 3 is 2.93 bits per heavy atom. The van der Waals surface area contributed by atoms with Crippen molar-refractivity contribution in [2.24, 2.45) is 0 Å². The Morgan fingerprint density at radius 2 is 2.29 bits per heavy atom. The Labute approximate surface area is 94.1 Å². The number of nitrogens with zero attached hydrogens (tertiary/aromatic N) is 1. The van der Waals surface area contributed by atoms with Gasteiger partial charge in [0.15, 0.2) is 0 Å². The van der Waals surface area contributed by atoms with Crippen molar-refractivity contribution in [1.29, 1.82) is 0 Å². The quantitative estimate of drug-likeness (QED) is 0.616. The second-order valence-electron chi connectivity index (χ2n) is 2.95. The minimum atomic E-state index is 0.343. The van der Waals surface area contributed by atoms with Crippen LogP contribution >= 0.6 is 12.2 Å². The molecule has 14 heavy (non-hydrogen) atoms. The third-order valence-corrected chi connectivity index (χ3v) is 5.35. The van der Waals surface area contributed by atoms with Gasteiger partial charge in [-0.2, -0.15) is 0 Å². The second-order valence-corrected chi connectivity index (χ2v) is 5.57. The van der Waals surface area contributed by atoms with Crippen molar-refractivity contribution in [3.05, 3.63) is 22.8 Å². The number of rotatable bonds is 2. The molecule has 2 aromatic rings. The average Bonchev–Trinajstić information content (AvgIpc) is 2.55. The van der Waals surface area contributed by atoms with Crippen molar-refractivity contribution in [3.63, 3.8) is 0 Å². The number of hydrogen-bond donors (Lipinski definition) is 0. The molecule has 0 amide bonds. The Hall–Kier alpha value is -0.571. The third-order valence-electron chi connectivity index (χ3n) is 2.14. The fourth-order valence-corrected chi connectivity index (χ4v) is 4.09. The predicted octanol–water partition coefficient (Wildman–Crippen LogP) is 2.46. The molecule has 0 aliphatic rings. The van der Waals surface area contributed by atoms with Crippen LogP contribution in [-0.2, 0) is 6.54 Å². The number of benzene rings is 1. The SMILES string of the molecule is CCn1[se]c2cc(OC)ccc2c1=S. The number of fused-ring (bicyclic) bond motifs is 1. The molecule has 4 heteroatoms. The normalized spacial score (nSPS) is 10.7. The van der Waals surface area contributed by atoms with Crippen LogP contribution in [0, 0.1) is 4.64 Å². The first kappa shape index (κ1) is 9.96. The first-order valence-electron chi connectivity index (χ1n) is 4.44. The zero-order chi connectivity index (χ0) is 10.1. The molecule has 0 atom stereocenters. The summed E-state index contributed by atoms with van der Waals surface area (Å²) in [6.45, 7) is 3.13. The van der Waals surface area contributed by atoms with Gasteiger partial charge in [0.25, 0.3) is 0 Å². The average molecular weight is 272 g/mol.